The predicted octanol–water partition coefficient (Wildman–Crippen LogP) is 1.36. The van der Waals surface area contributed by atoms with Crippen LogP contribution in [0.4, 0.5) is 5.69 Å². The van der Waals surface area contributed by atoms with Crippen LogP contribution in [0.5, 0.6) is 5.75 Å². The minimum absolute atomic E-state index is 0.00425. The molecule has 4 nitrogen and oxygen atoms in total. The van der Waals surface area contributed by atoms with Gasteiger partial charge in [0.1, 0.15) is 5.75 Å². The van der Waals surface area contributed by atoms with Crippen LogP contribution < -0.4 is 11.1 Å². The van der Waals surface area contributed by atoms with Crippen LogP contribution in [0.1, 0.15) is 24.2 Å². The molecule has 1 amide bonds. The average molecular weight is 208 g/mol. The Labute approximate surface area is 89.1 Å². The van der Waals surface area contributed by atoms with Crippen LogP contribution in [0, 0.1) is 5.92 Å². The van der Waals surface area contributed by atoms with Crippen molar-refractivity contribution in [3.8, 4) is 5.75 Å². The topological polar surface area (TPSA) is 75.3 Å². The summed E-state index contributed by atoms with van der Waals surface area (Å²) in [4.78, 5) is 11.6. The second-order valence-electron chi connectivity index (χ2n) is 3.88. The molecule has 0 saturated heterocycles. The maximum atomic E-state index is 11.6. The second kappa shape index (κ2) is 4.68. The van der Waals surface area contributed by atoms with Crippen LogP contribution >= 0.6 is 0 Å². The number of nitrogen functional groups attached to an aromatic ring is 1. The summed E-state index contributed by atoms with van der Waals surface area (Å²) in [6.45, 7) is 4.66. The Bertz CT molecular complexity index is 362. The van der Waals surface area contributed by atoms with Gasteiger partial charge >= 0.3 is 0 Å². The van der Waals surface area contributed by atoms with Crippen molar-refractivity contribution in [1.29, 1.82) is 0 Å². The number of phenols is 1. The molecule has 4 N–H and O–H groups in total. The van der Waals surface area contributed by atoms with E-state index in [4.69, 9.17) is 5.73 Å². The molecule has 0 bridgehead atoms. The third-order valence-electron chi connectivity index (χ3n) is 1.96. The third-order valence-corrected chi connectivity index (χ3v) is 1.96. The van der Waals surface area contributed by atoms with Gasteiger partial charge in [0.05, 0.1) is 5.69 Å². The molecule has 1 rings (SSSR count). The standard InChI is InChI=1S/C11H16N2O2/c1-7(2)6-13-11(15)8-3-4-10(14)9(12)5-8/h3-5,7,14H,6,12H2,1-2H3,(H,13,15). The molecule has 0 spiro atoms. The van der Waals surface area contributed by atoms with Crippen molar-refractivity contribution in [3.05, 3.63) is 23.8 Å². The van der Waals surface area contributed by atoms with Gasteiger partial charge in [0, 0.05) is 12.1 Å². The average Bonchev–Trinajstić information content (AvgIpc) is 2.18. The monoisotopic (exact) mass is 208 g/mol. The molecule has 0 aliphatic carbocycles. The molecular formula is C11H16N2O2. The van der Waals surface area contributed by atoms with Crippen molar-refractivity contribution in [2.45, 2.75) is 13.8 Å². The number of amides is 1. The number of benzene rings is 1. The van der Waals surface area contributed by atoms with E-state index in [0.717, 1.165) is 0 Å². The van der Waals surface area contributed by atoms with E-state index in [2.05, 4.69) is 5.32 Å². The highest BCUT2D eigenvalue weighted by atomic mass is 16.3. The van der Waals surface area contributed by atoms with Crippen molar-refractivity contribution in [2.75, 3.05) is 12.3 Å². The summed E-state index contributed by atoms with van der Waals surface area (Å²) >= 11 is 0. The van der Waals surface area contributed by atoms with Gasteiger partial charge in [-0.15, -0.1) is 0 Å². The molecule has 0 aromatic heterocycles. The highest BCUT2D eigenvalue weighted by Gasteiger charge is 2.07. The van der Waals surface area contributed by atoms with E-state index in [-0.39, 0.29) is 17.3 Å². The van der Waals surface area contributed by atoms with Crippen molar-refractivity contribution < 1.29 is 9.90 Å². The maximum absolute atomic E-state index is 11.6. The Kier molecular flexibility index (Phi) is 3.55. The summed E-state index contributed by atoms with van der Waals surface area (Å²) in [6, 6.07) is 4.42. The van der Waals surface area contributed by atoms with Gasteiger partial charge in [0.25, 0.3) is 5.91 Å². The van der Waals surface area contributed by atoms with E-state index in [9.17, 15) is 9.90 Å². The van der Waals surface area contributed by atoms with Gasteiger partial charge in [0.2, 0.25) is 0 Å². The molecule has 1 aromatic carbocycles. The van der Waals surface area contributed by atoms with E-state index in [1.807, 2.05) is 13.8 Å². The van der Waals surface area contributed by atoms with Gasteiger partial charge in [0.15, 0.2) is 0 Å². The summed E-state index contributed by atoms with van der Waals surface area (Å²) in [5, 5.41) is 12.0. The lowest BCUT2D eigenvalue weighted by Gasteiger charge is -2.08. The van der Waals surface area contributed by atoms with E-state index >= 15 is 0 Å². The highest BCUT2D eigenvalue weighted by molar-refractivity contribution is 5.95. The number of hydrogen-bond donors (Lipinski definition) is 3. The molecular weight excluding hydrogens is 192 g/mol. The van der Waals surface area contributed by atoms with E-state index in [1.165, 1.54) is 12.1 Å². The molecule has 0 saturated carbocycles. The van der Waals surface area contributed by atoms with Crippen LogP contribution in [0.2, 0.25) is 0 Å². The zero-order chi connectivity index (χ0) is 11.4. The molecule has 0 radical (unpaired) electrons. The first-order chi connectivity index (χ1) is 7.00. The van der Waals surface area contributed by atoms with Crippen LogP contribution in [0.15, 0.2) is 18.2 Å². The Balaban J connectivity index is 2.70. The summed E-state index contributed by atoms with van der Waals surface area (Å²) in [5.74, 6) is 0.231. The molecule has 4 heteroatoms. The van der Waals surface area contributed by atoms with Crippen molar-refractivity contribution in [1.82, 2.24) is 5.32 Å². The van der Waals surface area contributed by atoms with Crippen LogP contribution in [-0.4, -0.2) is 17.6 Å². The molecule has 0 aliphatic heterocycles. The number of nitrogens with one attached hydrogen (secondary N) is 1. The number of rotatable bonds is 3. The van der Waals surface area contributed by atoms with E-state index in [1.54, 1.807) is 6.07 Å². The smallest absolute Gasteiger partial charge is 0.251 e. The Morgan fingerprint density at radius 3 is 2.73 bits per heavy atom. The fourth-order valence-corrected chi connectivity index (χ4v) is 1.09. The van der Waals surface area contributed by atoms with Crippen LogP contribution in [-0.2, 0) is 0 Å². The van der Waals surface area contributed by atoms with Gasteiger partial charge in [-0.05, 0) is 24.1 Å². The van der Waals surface area contributed by atoms with Gasteiger partial charge < -0.3 is 16.2 Å². The van der Waals surface area contributed by atoms with Gasteiger partial charge in [-0.2, -0.15) is 0 Å². The van der Waals surface area contributed by atoms with Crippen molar-refractivity contribution >= 4 is 11.6 Å². The largest absolute Gasteiger partial charge is 0.506 e. The molecule has 0 fully saturated rings. The molecule has 0 unspecified atom stereocenters. The van der Waals surface area contributed by atoms with Crippen molar-refractivity contribution in [2.24, 2.45) is 5.92 Å². The summed E-state index contributed by atoms with van der Waals surface area (Å²) in [5.41, 5.74) is 6.16. The van der Waals surface area contributed by atoms with Gasteiger partial charge in [-0.25, -0.2) is 0 Å². The Morgan fingerprint density at radius 1 is 1.53 bits per heavy atom. The Hall–Kier alpha value is -1.71. The number of carbonyl (C=O) groups is 1. The molecule has 0 aliphatic rings. The molecule has 15 heavy (non-hydrogen) atoms. The molecule has 0 atom stereocenters. The minimum Gasteiger partial charge on any atom is -0.506 e. The summed E-state index contributed by atoms with van der Waals surface area (Å²) in [7, 11) is 0. The lowest BCUT2D eigenvalue weighted by molar-refractivity contribution is 0.0949. The highest BCUT2D eigenvalue weighted by Crippen LogP contribution is 2.20. The molecule has 82 valence electrons. The minimum atomic E-state index is -0.171. The van der Waals surface area contributed by atoms with Crippen LogP contribution in [0.3, 0.4) is 0 Å². The number of aromatic hydroxyl groups is 1. The first-order valence-electron chi connectivity index (χ1n) is 4.87. The third kappa shape index (κ3) is 3.16. The zero-order valence-electron chi connectivity index (χ0n) is 8.95. The van der Waals surface area contributed by atoms with Crippen molar-refractivity contribution in [3.63, 3.8) is 0 Å². The van der Waals surface area contributed by atoms with E-state index in [0.29, 0.717) is 18.0 Å². The predicted molar refractivity (Wildman–Crippen MR) is 59.7 cm³/mol. The lowest BCUT2D eigenvalue weighted by atomic mass is 10.1. The van der Waals surface area contributed by atoms with Gasteiger partial charge in [-0.3, -0.25) is 4.79 Å². The number of nitrogens with two attached hydrogens (primary N) is 1. The van der Waals surface area contributed by atoms with Crippen LogP contribution in [0.25, 0.3) is 0 Å². The first kappa shape index (κ1) is 11.4. The van der Waals surface area contributed by atoms with Gasteiger partial charge in [-0.1, -0.05) is 13.8 Å². The lowest BCUT2D eigenvalue weighted by Crippen LogP contribution is -2.27. The number of hydrogen-bond acceptors (Lipinski definition) is 3. The number of carbonyl (C=O) groups excluding carboxylic acids is 1. The maximum Gasteiger partial charge on any atom is 0.251 e. The summed E-state index contributed by atoms with van der Waals surface area (Å²) in [6.07, 6.45) is 0. The normalized spacial score (nSPS) is 10.3. The van der Waals surface area contributed by atoms with E-state index < -0.39 is 0 Å². The summed E-state index contributed by atoms with van der Waals surface area (Å²) < 4.78 is 0. The molecule has 0 heterocycles. The first-order valence-corrected chi connectivity index (χ1v) is 4.87. The fraction of sp³-hybridized carbons (Fsp3) is 0.364. The zero-order valence-corrected chi connectivity index (χ0v) is 8.95. The fourth-order valence-electron chi connectivity index (χ4n) is 1.09. The SMILES string of the molecule is CC(C)CNC(=O)c1ccc(O)c(N)c1. The second-order valence-corrected chi connectivity index (χ2v) is 3.88. The quantitative estimate of drug-likeness (QED) is 0.518. The Morgan fingerprint density at radius 2 is 2.20 bits per heavy atom. The number of phenolic OH excluding ortho intramolecular Hbond substituents is 1. The number of anilines is 1. The molecule has 1 aromatic rings.